The summed E-state index contributed by atoms with van der Waals surface area (Å²) < 4.78 is 34.5. The first-order valence-electron chi connectivity index (χ1n) is 11.7. The molecule has 0 radical (unpaired) electrons. The van der Waals surface area contributed by atoms with Crippen LogP contribution in [-0.2, 0) is 16.6 Å². The molecule has 2 aromatic carbocycles. The van der Waals surface area contributed by atoms with Crippen LogP contribution in [-0.4, -0.2) is 50.4 Å². The zero-order valence-electron chi connectivity index (χ0n) is 18.6. The van der Waals surface area contributed by atoms with Crippen LogP contribution in [0.25, 0.3) is 0 Å². The molecule has 0 unspecified atom stereocenters. The Bertz CT molecular complexity index is 971. The third-order valence-electron chi connectivity index (χ3n) is 6.25. The van der Waals surface area contributed by atoms with Crippen molar-refractivity contribution in [1.29, 1.82) is 0 Å². The van der Waals surface area contributed by atoms with Gasteiger partial charge in [-0.15, -0.1) is 0 Å². The normalized spacial score (nSPS) is 17.6. The lowest BCUT2D eigenvalue weighted by molar-refractivity contribution is 0.204. The van der Waals surface area contributed by atoms with Crippen LogP contribution >= 0.6 is 11.6 Å². The molecule has 0 N–H and O–H groups in total. The van der Waals surface area contributed by atoms with E-state index < -0.39 is 10.0 Å². The predicted molar refractivity (Wildman–Crippen MR) is 129 cm³/mol. The van der Waals surface area contributed by atoms with Crippen molar-refractivity contribution in [3.05, 3.63) is 59.1 Å². The Balaban J connectivity index is 1.42. The van der Waals surface area contributed by atoms with Gasteiger partial charge in [-0.2, -0.15) is 4.31 Å². The molecule has 7 heteroatoms. The number of nitrogens with zero attached hydrogens (tertiary/aromatic N) is 2. The molecule has 5 nitrogen and oxygen atoms in total. The Morgan fingerprint density at radius 3 is 2.44 bits per heavy atom. The molecule has 1 heterocycles. The van der Waals surface area contributed by atoms with Gasteiger partial charge in [0.05, 0.1) is 11.5 Å². The molecule has 1 aliphatic carbocycles. The van der Waals surface area contributed by atoms with E-state index in [0.717, 1.165) is 37.1 Å². The van der Waals surface area contributed by atoms with Gasteiger partial charge in [-0.25, -0.2) is 8.42 Å². The summed E-state index contributed by atoms with van der Waals surface area (Å²) in [5.41, 5.74) is 0.906. The van der Waals surface area contributed by atoms with E-state index >= 15 is 0 Å². The van der Waals surface area contributed by atoms with Gasteiger partial charge >= 0.3 is 0 Å². The molecule has 4 rings (SSSR count). The minimum Gasteiger partial charge on any atom is -0.493 e. The second-order valence-corrected chi connectivity index (χ2v) is 11.3. The van der Waals surface area contributed by atoms with Crippen molar-refractivity contribution < 1.29 is 13.2 Å². The number of rotatable bonds is 11. The monoisotopic (exact) mass is 476 g/mol. The molecule has 1 saturated carbocycles. The van der Waals surface area contributed by atoms with Gasteiger partial charge in [-0.3, -0.25) is 0 Å². The van der Waals surface area contributed by atoms with Crippen molar-refractivity contribution in [1.82, 2.24) is 9.21 Å². The molecule has 1 saturated heterocycles. The predicted octanol–water partition coefficient (Wildman–Crippen LogP) is 5.20. The Labute approximate surface area is 197 Å². The highest BCUT2D eigenvalue weighted by Crippen LogP contribution is 2.33. The van der Waals surface area contributed by atoms with Crippen LogP contribution in [0.4, 0.5) is 0 Å². The Kier molecular flexibility index (Phi) is 8.11. The van der Waals surface area contributed by atoms with Crippen LogP contribution in [0.15, 0.2) is 53.4 Å². The van der Waals surface area contributed by atoms with Crippen molar-refractivity contribution in [2.75, 3.05) is 32.8 Å². The molecule has 1 aliphatic heterocycles. The molecule has 0 amide bonds. The first-order chi connectivity index (χ1) is 15.5. The minimum atomic E-state index is -3.62. The van der Waals surface area contributed by atoms with Crippen molar-refractivity contribution >= 4 is 21.6 Å². The summed E-state index contributed by atoms with van der Waals surface area (Å²) in [6.45, 7) is 4.92. The third kappa shape index (κ3) is 6.47. The summed E-state index contributed by atoms with van der Waals surface area (Å²) in [5, 5.41) is 0.529. The summed E-state index contributed by atoms with van der Waals surface area (Å²) in [6, 6.07) is 14.2. The Hall–Kier alpha value is -1.60. The quantitative estimate of drug-likeness (QED) is 0.418. The van der Waals surface area contributed by atoms with E-state index in [9.17, 15) is 8.42 Å². The molecule has 2 aromatic rings. The lowest BCUT2D eigenvalue weighted by Gasteiger charge is -2.26. The average molecular weight is 477 g/mol. The molecular weight excluding hydrogens is 444 g/mol. The molecule has 0 atom stereocenters. The molecule has 0 aromatic heterocycles. The van der Waals surface area contributed by atoms with Crippen LogP contribution in [0.1, 0.15) is 44.1 Å². The highest BCUT2D eigenvalue weighted by atomic mass is 35.5. The fourth-order valence-electron chi connectivity index (χ4n) is 4.21. The maximum atomic E-state index is 13.4. The zero-order valence-corrected chi connectivity index (χ0v) is 20.2. The average Bonchev–Trinajstić information content (AvgIpc) is 3.62. The highest BCUT2D eigenvalue weighted by Gasteiger charge is 2.32. The topological polar surface area (TPSA) is 49.9 Å². The minimum absolute atomic E-state index is 0.280. The molecule has 32 heavy (non-hydrogen) atoms. The molecule has 0 spiro atoms. The first kappa shape index (κ1) is 23.6. The maximum absolute atomic E-state index is 13.4. The fourth-order valence-corrected chi connectivity index (χ4v) is 5.83. The molecular formula is C25H33ClN2O3S. The van der Waals surface area contributed by atoms with Gasteiger partial charge < -0.3 is 9.64 Å². The second-order valence-electron chi connectivity index (χ2n) is 8.91. The van der Waals surface area contributed by atoms with E-state index in [1.165, 1.54) is 32.4 Å². The van der Waals surface area contributed by atoms with Gasteiger partial charge in [0.25, 0.3) is 0 Å². The van der Waals surface area contributed by atoms with Crippen LogP contribution in [0, 0.1) is 5.92 Å². The largest absolute Gasteiger partial charge is 0.493 e. The zero-order chi connectivity index (χ0) is 22.4. The number of sulfonamides is 1. The van der Waals surface area contributed by atoms with Gasteiger partial charge in [0, 0.05) is 30.2 Å². The van der Waals surface area contributed by atoms with Crippen LogP contribution in [0.3, 0.4) is 0 Å². The van der Waals surface area contributed by atoms with Gasteiger partial charge in [0.15, 0.2) is 0 Å². The molecule has 2 aliphatic rings. The Morgan fingerprint density at radius 1 is 1.00 bits per heavy atom. The summed E-state index contributed by atoms with van der Waals surface area (Å²) >= 11 is 5.97. The summed E-state index contributed by atoms with van der Waals surface area (Å²) in [7, 11) is -3.62. The smallest absolute Gasteiger partial charge is 0.243 e. The van der Waals surface area contributed by atoms with E-state index in [2.05, 4.69) is 4.90 Å². The van der Waals surface area contributed by atoms with Crippen LogP contribution in [0.5, 0.6) is 5.75 Å². The van der Waals surface area contributed by atoms with E-state index in [1.807, 2.05) is 24.3 Å². The number of likely N-dealkylation sites (tertiary alicyclic amines) is 1. The second kappa shape index (κ2) is 11.0. The van der Waals surface area contributed by atoms with Gasteiger partial charge in [-0.05, 0) is 81.4 Å². The van der Waals surface area contributed by atoms with Crippen molar-refractivity contribution in [2.45, 2.75) is 50.0 Å². The lowest BCUT2D eigenvalue weighted by atomic mass is 10.1. The fraction of sp³-hybridized carbons (Fsp3) is 0.520. The van der Waals surface area contributed by atoms with Crippen molar-refractivity contribution in [3.63, 3.8) is 0 Å². The third-order valence-corrected chi connectivity index (χ3v) is 8.33. The highest BCUT2D eigenvalue weighted by molar-refractivity contribution is 7.89. The summed E-state index contributed by atoms with van der Waals surface area (Å²) in [6.07, 6.45) is 7.08. The van der Waals surface area contributed by atoms with Gasteiger partial charge in [0.2, 0.25) is 10.0 Å². The first-order valence-corrected chi connectivity index (χ1v) is 13.5. The standard InChI is InChI=1S/C25H33ClN2O3S/c26-23-11-13-24(14-12-23)32(29,30)28(19-21-9-10-21)20-22-7-2-3-8-25(22)31-18-6-17-27-15-4-1-5-16-27/h2-3,7-8,11-14,21H,1,4-6,9-10,15-20H2. The van der Waals surface area contributed by atoms with Crippen LogP contribution in [0.2, 0.25) is 5.02 Å². The molecule has 2 fully saturated rings. The number of ether oxygens (including phenoxy) is 1. The maximum Gasteiger partial charge on any atom is 0.243 e. The molecule has 0 bridgehead atoms. The Morgan fingerprint density at radius 2 is 1.72 bits per heavy atom. The molecule has 174 valence electrons. The number of halogens is 1. The number of hydrogen-bond donors (Lipinski definition) is 0. The van der Waals surface area contributed by atoms with E-state index in [0.29, 0.717) is 30.6 Å². The summed E-state index contributed by atoms with van der Waals surface area (Å²) in [5.74, 6) is 1.22. The number of piperidine rings is 1. The van der Waals surface area contributed by atoms with E-state index in [1.54, 1.807) is 28.6 Å². The number of para-hydroxylation sites is 1. The van der Waals surface area contributed by atoms with E-state index in [4.69, 9.17) is 16.3 Å². The van der Waals surface area contributed by atoms with Crippen molar-refractivity contribution in [2.24, 2.45) is 5.92 Å². The van der Waals surface area contributed by atoms with Gasteiger partial charge in [-0.1, -0.05) is 36.2 Å². The number of benzene rings is 2. The lowest BCUT2D eigenvalue weighted by Crippen LogP contribution is -2.33. The van der Waals surface area contributed by atoms with Crippen LogP contribution < -0.4 is 4.74 Å². The van der Waals surface area contributed by atoms with Gasteiger partial charge in [0.1, 0.15) is 5.75 Å². The van der Waals surface area contributed by atoms with Crippen molar-refractivity contribution in [3.8, 4) is 5.75 Å². The summed E-state index contributed by atoms with van der Waals surface area (Å²) in [4.78, 5) is 2.79. The SMILES string of the molecule is O=S(=O)(c1ccc(Cl)cc1)N(Cc1ccccc1OCCCN1CCCCC1)CC1CC1. The number of hydrogen-bond acceptors (Lipinski definition) is 4. The van der Waals surface area contributed by atoms with E-state index in [-0.39, 0.29) is 4.90 Å².